The highest BCUT2D eigenvalue weighted by molar-refractivity contribution is 5.94. The molecular weight excluding hydrogens is 429 g/mol. The first kappa shape index (κ1) is 20.9. The zero-order chi connectivity index (χ0) is 23.2. The van der Waals surface area contributed by atoms with Gasteiger partial charge in [0.1, 0.15) is 11.6 Å². The number of nitrogens with zero attached hydrogens (tertiary/aromatic N) is 5. The lowest BCUT2D eigenvalue weighted by Gasteiger charge is -2.30. The highest BCUT2D eigenvalue weighted by atomic mass is 19.1. The molecule has 0 bridgehead atoms. The number of benzene rings is 1. The predicted molar refractivity (Wildman–Crippen MR) is 132 cm³/mol. The van der Waals surface area contributed by atoms with Gasteiger partial charge in [-0.05, 0) is 61.1 Å². The summed E-state index contributed by atoms with van der Waals surface area (Å²) < 4.78 is 14.1. The zero-order valence-corrected chi connectivity index (χ0v) is 19.1. The summed E-state index contributed by atoms with van der Waals surface area (Å²) in [6, 6.07) is 6.60. The first-order valence-electron chi connectivity index (χ1n) is 11.7. The van der Waals surface area contributed by atoms with Crippen molar-refractivity contribution < 1.29 is 4.39 Å². The van der Waals surface area contributed by atoms with Crippen LogP contribution in [0.15, 0.2) is 42.9 Å². The van der Waals surface area contributed by atoms with Crippen LogP contribution in [0.4, 0.5) is 15.9 Å². The van der Waals surface area contributed by atoms with Crippen molar-refractivity contribution in [2.45, 2.75) is 25.7 Å². The number of anilines is 2. The molecule has 1 aliphatic carbocycles. The normalized spacial score (nSPS) is 16.2. The van der Waals surface area contributed by atoms with Crippen LogP contribution in [0.5, 0.6) is 0 Å². The molecule has 4 aromatic rings. The van der Waals surface area contributed by atoms with Crippen LogP contribution in [0.1, 0.15) is 29.9 Å². The molecule has 2 aliphatic rings. The number of piperazine rings is 1. The van der Waals surface area contributed by atoms with E-state index >= 15 is 0 Å². The highest BCUT2D eigenvalue weighted by Crippen LogP contribution is 2.45. The Morgan fingerprint density at radius 3 is 2.71 bits per heavy atom. The van der Waals surface area contributed by atoms with E-state index in [0.29, 0.717) is 28.7 Å². The minimum Gasteiger partial charge on any atom is -0.398 e. The molecule has 3 aromatic heterocycles. The SMILES string of the molecule is Cc1c(N)cc(F)cc1-c1cc(-c2nc(N3CCNCC3)c3c(C4CC4)cncc3n2)ccn1. The minimum absolute atomic E-state index is 0.382. The predicted octanol–water partition coefficient (Wildman–Crippen LogP) is 4.07. The van der Waals surface area contributed by atoms with Gasteiger partial charge >= 0.3 is 0 Å². The Bertz CT molecular complexity index is 1390. The van der Waals surface area contributed by atoms with Crippen molar-refractivity contribution in [3.05, 3.63) is 59.8 Å². The minimum atomic E-state index is -0.382. The largest absolute Gasteiger partial charge is 0.398 e. The van der Waals surface area contributed by atoms with E-state index in [2.05, 4.69) is 20.2 Å². The molecule has 1 aliphatic heterocycles. The van der Waals surface area contributed by atoms with Gasteiger partial charge in [-0.25, -0.2) is 14.4 Å². The summed E-state index contributed by atoms with van der Waals surface area (Å²) in [6.45, 7) is 5.50. The third-order valence-electron chi connectivity index (χ3n) is 6.76. The third kappa shape index (κ3) is 3.74. The van der Waals surface area contributed by atoms with Crippen molar-refractivity contribution in [2.24, 2.45) is 0 Å². The molecule has 1 saturated heterocycles. The Morgan fingerprint density at radius 2 is 1.91 bits per heavy atom. The van der Waals surface area contributed by atoms with Crippen LogP contribution in [0.25, 0.3) is 33.5 Å². The van der Waals surface area contributed by atoms with Gasteiger partial charge in [0.25, 0.3) is 0 Å². The Morgan fingerprint density at radius 1 is 1.09 bits per heavy atom. The van der Waals surface area contributed by atoms with E-state index in [1.165, 1.54) is 30.5 Å². The molecule has 172 valence electrons. The lowest BCUT2D eigenvalue weighted by Crippen LogP contribution is -2.44. The molecule has 7 nitrogen and oxygen atoms in total. The molecule has 8 heteroatoms. The molecule has 0 unspecified atom stereocenters. The van der Waals surface area contributed by atoms with Crippen LogP contribution >= 0.6 is 0 Å². The second-order valence-electron chi connectivity index (χ2n) is 9.10. The van der Waals surface area contributed by atoms with Gasteiger partial charge in [-0.1, -0.05) is 0 Å². The Labute approximate surface area is 197 Å². The smallest absolute Gasteiger partial charge is 0.162 e. The van der Waals surface area contributed by atoms with Crippen molar-refractivity contribution in [2.75, 3.05) is 36.8 Å². The first-order chi connectivity index (χ1) is 16.6. The fourth-order valence-corrected chi connectivity index (χ4v) is 4.71. The molecule has 0 amide bonds. The lowest BCUT2D eigenvalue weighted by molar-refractivity contribution is 0.586. The maximum Gasteiger partial charge on any atom is 0.162 e. The summed E-state index contributed by atoms with van der Waals surface area (Å²) in [5, 5.41) is 4.54. The molecule has 34 heavy (non-hydrogen) atoms. The van der Waals surface area contributed by atoms with Crippen molar-refractivity contribution in [3.8, 4) is 22.6 Å². The fraction of sp³-hybridized carbons (Fsp3) is 0.308. The number of fused-ring (bicyclic) bond motifs is 1. The Kier molecular flexibility index (Phi) is 5.10. The second kappa shape index (κ2) is 8.29. The lowest BCUT2D eigenvalue weighted by atomic mass is 10.0. The molecule has 0 spiro atoms. The van der Waals surface area contributed by atoms with E-state index in [9.17, 15) is 4.39 Å². The van der Waals surface area contributed by atoms with Gasteiger partial charge in [-0.2, -0.15) is 0 Å². The van der Waals surface area contributed by atoms with E-state index < -0.39 is 0 Å². The van der Waals surface area contributed by atoms with Gasteiger partial charge in [-0.15, -0.1) is 0 Å². The summed E-state index contributed by atoms with van der Waals surface area (Å²) in [5.74, 6) is 1.74. The monoisotopic (exact) mass is 455 g/mol. The number of aromatic nitrogens is 4. The van der Waals surface area contributed by atoms with E-state index in [1.807, 2.05) is 31.5 Å². The summed E-state index contributed by atoms with van der Waals surface area (Å²) in [5.41, 5.74) is 11.4. The van der Waals surface area contributed by atoms with Gasteiger partial charge in [0.05, 0.1) is 17.4 Å². The van der Waals surface area contributed by atoms with Gasteiger partial charge in [0.15, 0.2) is 5.82 Å². The summed E-state index contributed by atoms with van der Waals surface area (Å²) in [4.78, 5) is 21.3. The molecule has 1 aromatic carbocycles. The fourth-order valence-electron chi connectivity index (χ4n) is 4.71. The first-order valence-corrected chi connectivity index (χ1v) is 11.7. The van der Waals surface area contributed by atoms with E-state index in [0.717, 1.165) is 54.0 Å². The summed E-state index contributed by atoms with van der Waals surface area (Å²) in [7, 11) is 0. The number of nitrogen functional groups attached to an aromatic ring is 1. The maximum absolute atomic E-state index is 14.1. The molecule has 3 N–H and O–H groups in total. The molecule has 1 saturated carbocycles. The van der Waals surface area contributed by atoms with Crippen LogP contribution < -0.4 is 16.0 Å². The Hall–Kier alpha value is -3.65. The number of hydrogen-bond acceptors (Lipinski definition) is 7. The average molecular weight is 456 g/mol. The van der Waals surface area contributed by atoms with Gasteiger partial charge in [0.2, 0.25) is 0 Å². The molecule has 0 atom stereocenters. The van der Waals surface area contributed by atoms with Crippen molar-refractivity contribution in [3.63, 3.8) is 0 Å². The van der Waals surface area contributed by atoms with Crippen molar-refractivity contribution in [1.29, 1.82) is 0 Å². The van der Waals surface area contributed by atoms with Gasteiger partial charge in [-0.3, -0.25) is 9.97 Å². The van der Waals surface area contributed by atoms with Crippen LogP contribution in [-0.4, -0.2) is 46.1 Å². The van der Waals surface area contributed by atoms with Crippen LogP contribution in [0, 0.1) is 12.7 Å². The van der Waals surface area contributed by atoms with Crippen molar-refractivity contribution in [1.82, 2.24) is 25.3 Å². The molecule has 6 rings (SSSR count). The second-order valence-corrected chi connectivity index (χ2v) is 9.10. The number of hydrogen-bond donors (Lipinski definition) is 2. The quantitative estimate of drug-likeness (QED) is 0.448. The number of halogens is 1. The zero-order valence-electron chi connectivity index (χ0n) is 19.1. The van der Waals surface area contributed by atoms with Gasteiger partial charge in [0, 0.05) is 60.8 Å². The van der Waals surface area contributed by atoms with Gasteiger partial charge < -0.3 is 16.0 Å². The third-order valence-corrected chi connectivity index (χ3v) is 6.76. The molecule has 0 radical (unpaired) electrons. The Balaban J connectivity index is 1.51. The molecular formula is C26H26FN7. The molecule has 2 fully saturated rings. The standard InChI is InChI=1S/C26H26FN7/c1-15-19(11-18(27)12-21(15)28)22-10-17(4-5-31-22)25-32-23-14-30-13-20(16-2-3-16)24(23)26(33-25)34-8-6-29-7-9-34/h4-5,10-14,16,29H,2-3,6-9,28H2,1H3. The summed E-state index contributed by atoms with van der Waals surface area (Å²) >= 11 is 0. The number of nitrogens with two attached hydrogens (primary N) is 1. The summed E-state index contributed by atoms with van der Waals surface area (Å²) in [6.07, 6.45) is 7.90. The topological polar surface area (TPSA) is 92.8 Å². The van der Waals surface area contributed by atoms with Crippen LogP contribution in [0.3, 0.4) is 0 Å². The van der Waals surface area contributed by atoms with E-state index in [1.54, 1.807) is 6.20 Å². The average Bonchev–Trinajstić information content (AvgIpc) is 3.71. The van der Waals surface area contributed by atoms with Crippen LogP contribution in [-0.2, 0) is 0 Å². The van der Waals surface area contributed by atoms with E-state index in [4.69, 9.17) is 15.7 Å². The highest BCUT2D eigenvalue weighted by Gasteiger charge is 2.29. The maximum atomic E-state index is 14.1. The van der Waals surface area contributed by atoms with Crippen molar-refractivity contribution >= 4 is 22.4 Å². The molecule has 4 heterocycles. The van der Waals surface area contributed by atoms with E-state index in [-0.39, 0.29) is 5.82 Å². The number of rotatable bonds is 4. The number of pyridine rings is 2. The number of nitrogens with one attached hydrogen (secondary N) is 1. The van der Waals surface area contributed by atoms with Crippen LogP contribution in [0.2, 0.25) is 0 Å².